The van der Waals surface area contributed by atoms with Gasteiger partial charge in [-0.1, -0.05) is 143 Å². The van der Waals surface area contributed by atoms with Crippen LogP contribution in [0.1, 0.15) is 175 Å². The first kappa shape index (κ1) is 31.5. The Hall–Kier alpha value is -0.530. The van der Waals surface area contributed by atoms with Gasteiger partial charge in [-0.25, -0.2) is 0 Å². The van der Waals surface area contributed by atoms with E-state index in [4.69, 9.17) is 4.74 Å². The lowest BCUT2D eigenvalue weighted by Gasteiger charge is -2.23. The van der Waals surface area contributed by atoms with E-state index in [1.165, 1.54) is 122 Å². The van der Waals surface area contributed by atoms with Gasteiger partial charge >= 0.3 is 5.97 Å². The van der Waals surface area contributed by atoms with Gasteiger partial charge in [-0.15, -0.1) is 0 Å². The first-order chi connectivity index (χ1) is 15.7. The first-order valence-corrected chi connectivity index (χ1v) is 14.9. The van der Waals surface area contributed by atoms with Crippen LogP contribution in [0.2, 0.25) is 0 Å². The SMILES string of the molecule is CCCCCCCCCCCCCCCC(=O)OC(CCCCC)CC(CC)CCCC. The zero-order valence-electron chi connectivity index (χ0n) is 22.7. The number of rotatable bonds is 25. The van der Waals surface area contributed by atoms with Gasteiger partial charge in [0.25, 0.3) is 0 Å². The molecule has 0 bridgehead atoms. The standard InChI is InChI=1S/C30H60O2/c1-5-9-12-13-14-15-16-17-18-19-20-21-23-26-30(31)32-29(25-22-10-6-2)27-28(8-4)24-11-7-3/h28-29H,5-27H2,1-4H3. The van der Waals surface area contributed by atoms with Crippen molar-refractivity contribution >= 4 is 5.97 Å². The van der Waals surface area contributed by atoms with Crippen molar-refractivity contribution in [2.45, 2.75) is 181 Å². The molecule has 0 heterocycles. The van der Waals surface area contributed by atoms with Crippen LogP contribution >= 0.6 is 0 Å². The van der Waals surface area contributed by atoms with Gasteiger partial charge in [0.1, 0.15) is 6.10 Å². The highest BCUT2D eigenvalue weighted by atomic mass is 16.5. The van der Waals surface area contributed by atoms with Crippen LogP contribution in [0.15, 0.2) is 0 Å². The average molecular weight is 453 g/mol. The zero-order chi connectivity index (χ0) is 23.7. The third-order valence-electron chi connectivity index (χ3n) is 7.05. The van der Waals surface area contributed by atoms with Crippen molar-refractivity contribution in [2.24, 2.45) is 5.92 Å². The molecule has 0 fully saturated rings. The Labute approximate surface area is 203 Å². The molecule has 32 heavy (non-hydrogen) atoms. The third-order valence-corrected chi connectivity index (χ3v) is 7.05. The number of hydrogen-bond donors (Lipinski definition) is 0. The molecule has 2 heteroatoms. The van der Waals surface area contributed by atoms with Crippen molar-refractivity contribution in [3.05, 3.63) is 0 Å². The third kappa shape index (κ3) is 21.3. The highest BCUT2D eigenvalue weighted by Crippen LogP contribution is 2.23. The summed E-state index contributed by atoms with van der Waals surface area (Å²) in [5, 5.41) is 0. The highest BCUT2D eigenvalue weighted by molar-refractivity contribution is 5.69. The fourth-order valence-electron chi connectivity index (χ4n) is 4.73. The summed E-state index contributed by atoms with van der Waals surface area (Å²) in [5.74, 6) is 0.769. The van der Waals surface area contributed by atoms with Gasteiger partial charge in [-0.2, -0.15) is 0 Å². The number of carbonyl (C=O) groups excluding carboxylic acids is 1. The van der Waals surface area contributed by atoms with Crippen LogP contribution in [0.4, 0.5) is 0 Å². The largest absolute Gasteiger partial charge is 0.462 e. The van der Waals surface area contributed by atoms with Gasteiger partial charge in [-0.3, -0.25) is 4.79 Å². The Kier molecular flexibility index (Phi) is 24.7. The molecule has 0 N–H and O–H groups in total. The van der Waals surface area contributed by atoms with Gasteiger partial charge in [0.15, 0.2) is 0 Å². The molecule has 0 rings (SSSR count). The number of ether oxygens (including phenoxy) is 1. The van der Waals surface area contributed by atoms with Crippen LogP contribution in [0.3, 0.4) is 0 Å². The van der Waals surface area contributed by atoms with Gasteiger partial charge < -0.3 is 4.74 Å². The highest BCUT2D eigenvalue weighted by Gasteiger charge is 2.19. The molecule has 0 aliphatic heterocycles. The van der Waals surface area contributed by atoms with E-state index in [9.17, 15) is 4.79 Å². The molecular weight excluding hydrogens is 392 g/mol. The summed E-state index contributed by atoms with van der Waals surface area (Å²) in [5.41, 5.74) is 0. The molecule has 192 valence electrons. The molecule has 0 aromatic heterocycles. The lowest BCUT2D eigenvalue weighted by Crippen LogP contribution is -2.21. The molecule has 0 saturated heterocycles. The minimum absolute atomic E-state index is 0.0555. The maximum Gasteiger partial charge on any atom is 0.306 e. The topological polar surface area (TPSA) is 26.3 Å². The van der Waals surface area contributed by atoms with Crippen molar-refractivity contribution in [1.82, 2.24) is 0 Å². The Morgan fingerprint density at radius 2 is 1.03 bits per heavy atom. The molecule has 0 saturated carbocycles. The molecule has 0 aromatic carbocycles. The summed E-state index contributed by atoms with van der Waals surface area (Å²) < 4.78 is 5.98. The Bertz CT molecular complexity index is 379. The minimum Gasteiger partial charge on any atom is -0.462 e. The van der Waals surface area contributed by atoms with Crippen molar-refractivity contribution in [3.63, 3.8) is 0 Å². The monoisotopic (exact) mass is 452 g/mol. The maximum absolute atomic E-state index is 12.4. The summed E-state index contributed by atoms with van der Waals surface area (Å²) in [6, 6.07) is 0. The van der Waals surface area contributed by atoms with Crippen LogP contribution in [0.25, 0.3) is 0 Å². The lowest BCUT2D eigenvalue weighted by atomic mass is 9.91. The van der Waals surface area contributed by atoms with Crippen molar-refractivity contribution in [3.8, 4) is 0 Å². The smallest absolute Gasteiger partial charge is 0.306 e. The van der Waals surface area contributed by atoms with Gasteiger partial charge in [-0.05, 0) is 31.6 Å². The normalized spacial score (nSPS) is 13.2. The number of esters is 1. The van der Waals surface area contributed by atoms with E-state index in [1.807, 2.05) is 0 Å². The molecule has 0 amide bonds. The Morgan fingerprint density at radius 1 is 0.562 bits per heavy atom. The van der Waals surface area contributed by atoms with Crippen LogP contribution in [0.5, 0.6) is 0 Å². The van der Waals surface area contributed by atoms with Gasteiger partial charge in [0.2, 0.25) is 0 Å². The van der Waals surface area contributed by atoms with E-state index < -0.39 is 0 Å². The summed E-state index contributed by atoms with van der Waals surface area (Å²) in [6.45, 7) is 9.08. The van der Waals surface area contributed by atoms with Crippen molar-refractivity contribution in [1.29, 1.82) is 0 Å². The number of hydrogen-bond acceptors (Lipinski definition) is 2. The van der Waals surface area contributed by atoms with E-state index in [2.05, 4.69) is 27.7 Å². The van der Waals surface area contributed by atoms with Crippen molar-refractivity contribution < 1.29 is 9.53 Å². The van der Waals surface area contributed by atoms with E-state index in [-0.39, 0.29) is 12.1 Å². The quantitative estimate of drug-likeness (QED) is 0.102. The Balaban J connectivity index is 3.85. The predicted molar refractivity (Wildman–Crippen MR) is 142 cm³/mol. The summed E-state index contributed by atoms with van der Waals surface area (Å²) >= 11 is 0. The summed E-state index contributed by atoms with van der Waals surface area (Å²) in [7, 11) is 0. The molecule has 2 unspecified atom stereocenters. The van der Waals surface area contributed by atoms with E-state index in [0.29, 0.717) is 12.3 Å². The van der Waals surface area contributed by atoms with E-state index in [1.54, 1.807) is 0 Å². The van der Waals surface area contributed by atoms with Crippen molar-refractivity contribution in [2.75, 3.05) is 0 Å². The van der Waals surface area contributed by atoms with Crippen LogP contribution in [0, 0.1) is 5.92 Å². The maximum atomic E-state index is 12.4. The molecule has 0 radical (unpaired) electrons. The first-order valence-electron chi connectivity index (χ1n) is 14.9. The number of carbonyl (C=O) groups is 1. The molecule has 0 aliphatic carbocycles. The number of unbranched alkanes of at least 4 members (excludes halogenated alkanes) is 15. The molecular formula is C30H60O2. The molecule has 2 nitrogen and oxygen atoms in total. The van der Waals surface area contributed by atoms with Gasteiger partial charge in [0, 0.05) is 6.42 Å². The Morgan fingerprint density at radius 3 is 1.53 bits per heavy atom. The predicted octanol–water partition coefficient (Wildman–Crippen LogP) is 10.6. The van der Waals surface area contributed by atoms with Crippen LogP contribution in [-0.4, -0.2) is 12.1 Å². The van der Waals surface area contributed by atoms with E-state index >= 15 is 0 Å². The molecule has 0 spiro atoms. The molecule has 0 aromatic rings. The lowest BCUT2D eigenvalue weighted by molar-refractivity contribution is -0.150. The molecule has 2 atom stereocenters. The second-order valence-electron chi connectivity index (χ2n) is 10.3. The fraction of sp³-hybridized carbons (Fsp3) is 0.967. The van der Waals surface area contributed by atoms with E-state index in [0.717, 1.165) is 19.3 Å². The average Bonchev–Trinajstić information content (AvgIpc) is 2.79. The fourth-order valence-corrected chi connectivity index (χ4v) is 4.73. The second kappa shape index (κ2) is 25.1. The van der Waals surface area contributed by atoms with Crippen LogP contribution < -0.4 is 0 Å². The second-order valence-corrected chi connectivity index (χ2v) is 10.3. The zero-order valence-corrected chi connectivity index (χ0v) is 22.7. The minimum atomic E-state index is 0.0555. The summed E-state index contributed by atoms with van der Waals surface area (Å²) in [6.07, 6.45) is 29.1. The van der Waals surface area contributed by atoms with Gasteiger partial charge in [0.05, 0.1) is 0 Å². The summed E-state index contributed by atoms with van der Waals surface area (Å²) in [4.78, 5) is 12.4. The van der Waals surface area contributed by atoms with Crippen LogP contribution in [-0.2, 0) is 9.53 Å². The molecule has 0 aliphatic rings.